The highest BCUT2D eigenvalue weighted by Gasteiger charge is 2.43. The van der Waals surface area contributed by atoms with Gasteiger partial charge in [0.25, 0.3) is 0 Å². The highest BCUT2D eigenvalue weighted by atomic mass is 35.5. The van der Waals surface area contributed by atoms with Gasteiger partial charge in [-0.15, -0.1) is 0 Å². The number of rotatable bonds is 5. The number of amides is 1. The lowest BCUT2D eigenvalue weighted by Crippen LogP contribution is -2.59. The van der Waals surface area contributed by atoms with Gasteiger partial charge in [0, 0.05) is 64.2 Å². The van der Waals surface area contributed by atoms with E-state index in [4.69, 9.17) is 27.1 Å². The largest absolute Gasteiger partial charge is 0.380 e. The second-order valence-electron chi connectivity index (χ2n) is 10.2. The number of carbonyl (C=O) groups is 1. The third-order valence-corrected chi connectivity index (χ3v) is 9.69. The number of ether oxygens (including phenoxy) is 1. The zero-order chi connectivity index (χ0) is 25.3. The van der Waals surface area contributed by atoms with E-state index >= 15 is 0 Å². The average molecular weight is 531 g/mol. The maximum absolute atomic E-state index is 11.7. The standard InChI is InChI=1S/C26H35ClN6O2S/c1-18(34)32-13-9-26(22(28)17-32)7-11-31(12-8-26)23-14-30-24(15-29-23)36-21-5-3-4-20(25(21)27)33-10-6-19(16-33)35-2/h3-5,14-15,19,22H,6-13,16-17,28H2,1-2H3/t19-,22?/m1/s1. The summed E-state index contributed by atoms with van der Waals surface area (Å²) in [6.07, 6.45) is 7.97. The number of methoxy groups -OCH3 is 1. The Kier molecular flexibility index (Phi) is 7.62. The van der Waals surface area contributed by atoms with Crippen LogP contribution in [0.1, 0.15) is 32.6 Å². The van der Waals surface area contributed by atoms with Crippen molar-refractivity contribution in [3.8, 4) is 0 Å². The van der Waals surface area contributed by atoms with Crippen molar-refractivity contribution in [2.75, 3.05) is 56.2 Å². The molecule has 0 bridgehead atoms. The van der Waals surface area contributed by atoms with E-state index in [-0.39, 0.29) is 23.5 Å². The van der Waals surface area contributed by atoms with Gasteiger partial charge < -0.3 is 25.2 Å². The van der Waals surface area contributed by atoms with Gasteiger partial charge in [-0.3, -0.25) is 4.79 Å². The van der Waals surface area contributed by atoms with Crippen LogP contribution in [0.15, 0.2) is 40.5 Å². The maximum Gasteiger partial charge on any atom is 0.219 e. The average Bonchev–Trinajstić information content (AvgIpc) is 3.37. The molecule has 3 saturated heterocycles. The van der Waals surface area contributed by atoms with Crippen LogP contribution in [0.3, 0.4) is 0 Å². The summed E-state index contributed by atoms with van der Waals surface area (Å²) < 4.78 is 5.51. The van der Waals surface area contributed by atoms with Crippen LogP contribution in [-0.2, 0) is 9.53 Å². The van der Waals surface area contributed by atoms with Gasteiger partial charge in [-0.25, -0.2) is 9.97 Å². The van der Waals surface area contributed by atoms with Gasteiger partial charge in [0.1, 0.15) is 10.8 Å². The fourth-order valence-corrected chi connectivity index (χ4v) is 6.89. The molecule has 5 rings (SSSR count). The van der Waals surface area contributed by atoms with Crippen molar-refractivity contribution in [1.29, 1.82) is 0 Å². The van der Waals surface area contributed by atoms with E-state index in [2.05, 4.69) is 20.9 Å². The summed E-state index contributed by atoms with van der Waals surface area (Å²) in [4.78, 5) is 28.6. The van der Waals surface area contributed by atoms with E-state index < -0.39 is 0 Å². The van der Waals surface area contributed by atoms with E-state index in [0.717, 1.165) is 84.9 Å². The summed E-state index contributed by atoms with van der Waals surface area (Å²) in [7, 11) is 1.76. The fourth-order valence-electron chi connectivity index (χ4n) is 5.75. The van der Waals surface area contributed by atoms with Gasteiger partial charge in [-0.1, -0.05) is 29.4 Å². The summed E-state index contributed by atoms with van der Waals surface area (Å²) in [5.74, 6) is 1.02. The Labute approximate surface area is 222 Å². The molecule has 1 unspecified atom stereocenters. The second-order valence-corrected chi connectivity index (χ2v) is 11.6. The summed E-state index contributed by atoms with van der Waals surface area (Å²) in [5.41, 5.74) is 7.72. The molecular formula is C26H35ClN6O2S. The Morgan fingerprint density at radius 3 is 2.53 bits per heavy atom. The lowest BCUT2D eigenvalue weighted by Gasteiger charge is -2.50. The summed E-state index contributed by atoms with van der Waals surface area (Å²) >= 11 is 8.34. The molecule has 1 aromatic carbocycles. The molecule has 36 heavy (non-hydrogen) atoms. The molecule has 3 aliphatic rings. The lowest BCUT2D eigenvalue weighted by molar-refractivity contribution is -0.132. The van der Waals surface area contributed by atoms with Crippen LogP contribution in [0, 0.1) is 5.41 Å². The first-order valence-corrected chi connectivity index (χ1v) is 13.9. The van der Waals surface area contributed by atoms with Crippen LogP contribution in [0.2, 0.25) is 5.02 Å². The highest BCUT2D eigenvalue weighted by molar-refractivity contribution is 7.99. The zero-order valence-corrected chi connectivity index (χ0v) is 22.6. The van der Waals surface area contributed by atoms with Crippen LogP contribution in [0.25, 0.3) is 0 Å². The molecule has 4 heterocycles. The monoisotopic (exact) mass is 530 g/mol. The minimum Gasteiger partial charge on any atom is -0.380 e. The van der Waals surface area contributed by atoms with Gasteiger partial charge in [-0.05, 0) is 43.2 Å². The number of hydrogen-bond donors (Lipinski definition) is 1. The van der Waals surface area contributed by atoms with Crippen LogP contribution in [-0.4, -0.2) is 79.3 Å². The van der Waals surface area contributed by atoms with E-state index in [0.29, 0.717) is 6.54 Å². The molecule has 3 aliphatic heterocycles. The molecule has 10 heteroatoms. The summed E-state index contributed by atoms with van der Waals surface area (Å²) in [6, 6.07) is 6.17. The first-order chi connectivity index (χ1) is 17.4. The number of piperidine rings is 2. The fraction of sp³-hybridized carbons (Fsp3) is 0.577. The van der Waals surface area contributed by atoms with Crippen molar-refractivity contribution in [2.45, 2.75) is 54.7 Å². The second kappa shape index (κ2) is 10.7. The van der Waals surface area contributed by atoms with Crippen molar-refractivity contribution in [3.63, 3.8) is 0 Å². The minimum absolute atomic E-state index is 0.0311. The lowest BCUT2D eigenvalue weighted by atomic mass is 9.68. The predicted octanol–water partition coefficient (Wildman–Crippen LogP) is 3.67. The summed E-state index contributed by atoms with van der Waals surface area (Å²) in [5, 5.41) is 1.57. The normalized spacial score (nSPS) is 23.9. The van der Waals surface area contributed by atoms with Crippen molar-refractivity contribution in [3.05, 3.63) is 35.6 Å². The molecule has 8 nitrogen and oxygen atoms in total. The number of hydrogen-bond acceptors (Lipinski definition) is 8. The number of likely N-dealkylation sites (tertiary alicyclic amines) is 1. The van der Waals surface area contributed by atoms with Crippen LogP contribution in [0.5, 0.6) is 0 Å². The molecule has 1 spiro atoms. The quantitative estimate of drug-likeness (QED) is 0.626. The molecule has 1 aromatic heterocycles. The third kappa shape index (κ3) is 5.16. The molecule has 2 aromatic rings. The Morgan fingerprint density at radius 1 is 1.11 bits per heavy atom. The number of nitrogens with zero attached hydrogens (tertiary/aromatic N) is 5. The van der Waals surface area contributed by atoms with Crippen molar-refractivity contribution >= 4 is 40.8 Å². The number of nitrogens with two attached hydrogens (primary N) is 1. The molecule has 0 saturated carbocycles. The number of benzene rings is 1. The first kappa shape index (κ1) is 25.6. The molecule has 1 amide bonds. The highest BCUT2D eigenvalue weighted by Crippen LogP contribution is 2.42. The van der Waals surface area contributed by atoms with Crippen molar-refractivity contribution < 1.29 is 9.53 Å². The van der Waals surface area contributed by atoms with E-state index in [1.165, 1.54) is 11.8 Å². The van der Waals surface area contributed by atoms with E-state index in [1.54, 1.807) is 14.0 Å². The van der Waals surface area contributed by atoms with Gasteiger partial charge in [0.15, 0.2) is 0 Å². The minimum atomic E-state index is 0.0311. The molecule has 2 atom stereocenters. The molecule has 3 fully saturated rings. The van der Waals surface area contributed by atoms with Crippen LogP contribution >= 0.6 is 23.4 Å². The number of anilines is 2. The Hall–Kier alpha value is -2.07. The van der Waals surface area contributed by atoms with Gasteiger partial charge in [-0.2, -0.15) is 0 Å². The number of aromatic nitrogens is 2. The van der Waals surface area contributed by atoms with Crippen molar-refractivity contribution in [1.82, 2.24) is 14.9 Å². The van der Waals surface area contributed by atoms with Crippen molar-refractivity contribution in [2.24, 2.45) is 11.1 Å². The van der Waals surface area contributed by atoms with E-state index in [9.17, 15) is 4.79 Å². The smallest absolute Gasteiger partial charge is 0.219 e. The first-order valence-electron chi connectivity index (χ1n) is 12.7. The maximum atomic E-state index is 11.7. The molecule has 0 aliphatic carbocycles. The third-order valence-electron chi connectivity index (χ3n) is 8.20. The topological polar surface area (TPSA) is 87.8 Å². The SMILES string of the molecule is CO[C@@H]1CCN(c2cccc(Sc3cnc(N4CCC5(CCN(C(C)=O)CC5N)CC4)cn3)c2Cl)C1. The Morgan fingerprint density at radius 2 is 1.89 bits per heavy atom. The van der Waals surface area contributed by atoms with Crippen LogP contribution in [0.4, 0.5) is 11.5 Å². The van der Waals surface area contributed by atoms with Crippen LogP contribution < -0.4 is 15.5 Å². The van der Waals surface area contributed by atoms with E-state index in [1.807, 2.05) is 29.4 Å². The Bertz CT molecular complexity index is 1080. The van der Waals surface area contributed by atoms with Gasteiger partial charge >= 0.3 is 0 Å². The number of halogens is 1. The molecule has 194 valence electrons. The Balaban J connectivity index is 1.20. The van der Waals surface area contributed by atoms with Gasteiger partial charge in [0.2, 0.25) is 5.91 Å². The zero-order valence-electron chi connectivity index (χ0n) is 21.0. The van der Waals surface area contributed by atoms with Gasteiger partial charge in [0.05, 0.1) is 29.2 Å². The predicted molar refractivity (Wildman–Crippen MR) is 144 cm³/mol. The molecule has 0 radical (unpaired) electrons. The molecular weight excluding hydrogens is 496 g/mol. The number of carbonyl (C=O) groups excluding carboxylic acids is 1. The molecule has 2 N–H and O–H groups in total. The summed E-state index contributed by atoms with van der Waals surface area (Å²) in [6.45, 7) is 6.71.